The summed E-state index contributed by atoms with van der Waals surface area (Å²) in [5, 5.41) is 3.46. The fourth-order valence-electron chi connectivity index (χ4n) is 2.32. The van der Waals surface area contributed by atoms with Crippen LogP contribution in [-0.4, -0.2) is 32.3 Å². The van der Waals surface area contributed by atoms with Crippen molar-refractivity contribution in [2.75, 3.05) is 31.1 Å². The number of rotatable bonds is 3. The van der Waals surface area contributed by atoms with Gasteiger partial charge in [0.1, 0.15) is 5.75 Å². The Morgan fingerprint density at radius 2 is 1.94 bits per heavy atom. The molecule has 1 fully saturated rings. The molecular formula is C15H24N2O. The smallest absolute Gasteiger partial charge is 0.142 e. The molecular weight excluding hydrogens is 224 g/mol. The van der Waals surface area contributed by atoms with E-state index < -0.39 is 0 Å². The number of benzene rings is 1. The minimum absolute atomic E-state index is 0.221. The third kappa shape index (κ3) is 3.64. The molecule has 0 aromatic heterocycles. The molecule has 2 rings (SSSR count). The quantitative estimate of drug-likeness (QED) is 0.890. The second-order valence-electron chi connectivity index (χ2n) is 5.08. The van der Waals surface area contributed by atoms with E-state index >= 15 is 0 Å². The second kappa shape index (κ2) is 6.64. The standard InChI is InChI=1S/C15H24N2O/c1-13(2)18-15-8-4-3-7-14(15)17-11-6-5-9-16-10-12-17/h3-4,7-8,13,16H,5-6,9-12H2,1-2H3. The Kier molecular flexibility index (Phi) is 4.88. The summed E-state index contributed by atoms with van der Waals surface area (Å²) in [5.41, 5.74) is 1.23. The molecule has 1 aliphatic rings. The van der Waals surface area contributed by atoms with Crippen LogP contribution in [-0.2, 0) is 0 Å². The first-order valence-electron chi connectivity index (χ1n) is 6.99. The van der Waals surface area contributed by atoms with Gasteiger partial charge in [-0.25, -0.2) is 0 Å². The van der Waals surface area contributed by atoms with E-state index in [1.165, 1.54) is 18.5 Å². The van der Waals surface area contributed by atoms with Gasteiger partial charge in [0.05, 0.1) is 11.8 Å². The Morgan fingerprint density at radius 1 is 1.11 bits per heavy atom. The highest BCUT2D eigenvalue weighted by molar-refractivity contribution is 5.58. The Hall–Kier alpha value is -1.22. The van der Waals surface area contributed by atoms with Crippen LogP contribution in [0.2, 0.25) is 0 Å². The van der Waals surface area contributed by atoms with Crippen LogP contribution < -0.4 is 15.0 Å². The largest absolute Gasteiger partial charge is 0.489 e. The predicted molar refractivity (Wildman–Crippen MR) is 76.5 cm³/mol. The molecule has 18 heavy (non-hydrogen) atoms. The van der Waals surface area contributed by atoms with Crippen LogP contribution in [0, 0.1) is 0 Å². The van der Waals surface area contributed by atoms with Crippen LogP contribution in [0.25, 0.3) is 0 Å². The first-order chi connectivity index (χ1) is 8.77. The molecule has 3 nitrogen and oxygen atoms in total. The Labute approximate surface area is 110 Å². The summed E-state index contributed by atoms with van der Waals surface area (Å²) >= 11 is 0. The van der Waals surface area contributed by atoms with Gasteiger partial charge in [-0.1, -0.05) is 12.1 Å². The zero-order chi connectivity index (χ0) is 12.8. The van der Waals surface area contributed by atoms with Gasteiger partial charge in [-0.15, -0.1) is 0 Å². The highest BCUT2D eigenvalue weighted by Gasteiger charge is 2.13. The minimum atomic E-state index is 0.221. The van der Waals surface area contributed by atoms with Gasteiger partial charge < -0.3 is 15.0 Å². The third-order valence-electron chi connectivity index (χ3n) is 3.16. The summed E-state index contributed by atoms with van der Waals surface area (Å²) in [6.45, 7) is 8.53. The lowest BCUT2D eigenvalue weighted by atomic mass is 10.2. The van der Waals surface area contributed by atoms with Crippen molar-refractivity contribution in [3.8, 4) is 5.75 Å². The zero-order valence-electron chi connectivity index (χ0n) is 11.5. The maximum atomic E-state index is 5.91. The van der Waals surface area contributed by atoms with Crippen LogP contribution >= 0.6 is 0 Å². The maximum absolute atomic E-state index is 5.91. The van der Waals surface area contributed by atoms with Gasteiger partial charge in [-0.2, -0.15) is 0 Å². The average Bonchev–Trinajstić information content (AvgIpc) is 2.29. The third-order valence-corrected chi connectivity index (χ3v) is 3.16. The topological polar surface area (TPSA) is 24.5 Å². The van der Waals surface area contributed by atoms with Gasteiger partial charge in [0.2, 0.25) is 0 Å². The molecule has 1 N–H and O–H groups in total. The van der Waals surface area contributed by atoms with Crippen molar-refractivity contribution in [2.24, 2.45) is 0 Å². The number of hydrogen-bond acceptors (Lipinski definition) is 3. The summed E-state index contributed by atoms with van der Waals surface area (Å²) < 4.78 is 5.91. The number of ether oxygens (including phenoxy) is 1. The molecule has 0 unspecified atom stereocenters. The lowest BCUT2D eigenvalue weighted by molar-refractivity contribution is 0.242. The van der Waals surface area contributed by atoms with Gasteiger partial charge in [-0.3, -0.25) is 0 Å². The fourth-order valence-corrected chi connectivity index (χ4v) is 2.32. The van der Waals surface area contributed by atoms with E-state index in [0.717, 1.165) is 31.9 Å². The molecule has 1 saturated heterocycles. The van der Waals surface area contributed by atoms with Crippen LogP contribution in [0.1, 0.15) is 26.7 Å². The van der Waals surface area contributed by atoms with Crippen molar-refractivity contribution < 1.29 is 4.74 Å². The predicted octanol–water partition coefficient (Wildman–Crippen LogP) is 2.66. The first-order valence-corrected chi connectivity index (χ1v) is 6.99. The molecule has 0 amide bonds. The molecule has 1 aromatic rings. The monoisotopic (exact) mass is 248 g/mol. The lowest BCUT2D eigenvalue weighted by Gasteiger charge is -2.29. The SMILES string of the molecule is CC(C)Oc1ccccc1N1CCCCNCC1. The minimum Gasteiger partial charge on any atom is -0.489 e. The molecule has 0 bridgehead atoms. The van der Waals surface area contributed by atoms with Crippen molar-refractivity contribution in [3.63, 3.8) is 0 Å². The summed E-state index contributed by atoms with van der Waals surface area (Å²) in [6, 6.07) is 8.37. The number of hydrogen-bond donors (Lipinski definition) is 1. The zero-order valence-corrected chi connectivity index (χ0v) is 11.5. The van der Waals surface area contributed by atoms with Crippen LogP contribution in [0.15, 0.2) is 24.3 Å². The lowest BCUT2D eigenvalue weighted by Crippen LogP contribution is -2.36. The molecule has 100 valence electrons. The molecule has 1 aromatic carbocycles. The van der Waals surface area contributed by atoms with Crippen molar-refractivity contribution in [2.45, 2.75) is 32.8 Å². The number of nitrogens with one attached hydrogen (secondary N) is 1. The number of nitrogens with zero attached hydrogens (tertiary/aromatic N) is 1. The van der Waals surface area contributed by atoms with E-state index in [4.69, 9.17) is 4.74 Å². The van der Waals surface area contributed by atoms with Gasteiger partial charge in [-0.05, 0) is 45.4 Å². The molecule has 0 atom stereocenters. The molecule has 1 aliphatic heterocycles. The van der Waals surface area contributed by atoms with E-state index in [-0.39, 0.29) is 6.10 Å². The van der Waals surface area contributed by atoms with Gasteiger partial charge >= 0.3 is 0 Å². The summed E-state index contributed by atoms with van der Waals surface area (Å²) in [4.78, 5) is 2.43. The Balaban J connectivity index is 2.14. The summed E-state index contributed by atoms with van der Waals surface area (Å²) in [6.07, 6.45) is 2.71. The van der Waals surface area contributed by atoms with Crippen molar-refractivity contribution in [3.05, 3.63) is 24.3 Å². The maximum Gasteiger partial charge on any atom is 0.142 e. The highest BCUT2D eigenvalue weighted by Crippen LogP contribution is 2.29. The molecule has 0 aliphatic carbocycles. The highest BCUT2D eigenvalue weighted by atomic mass is 16.5. The second-order valence-corrected chi connectivity index (χ2v) is 5.08. The molecule has 0 radical (unpaired) electrons. The van der Waals surface area contributed by atoms with Crippen molar-refractivity contribution in [1.82, 2.24) is 5.32 Å². The first kappa shape index (κ1) is 13.2. The number of para-hydroxylation sites is 2. The summed E-state index contributed by atoms with van der Waals surface area (Å²) in [5.74, 6) is 1.01. The molecule has 0 spiro atoms. The van der Waals surface area contributed by atoms with E-state index in [9.17, 15) is 0 Å². The van der Waals surface area contributed by atoms with Gasteiger partial charge in [0.15, 0.2) is 0 Å². The average molecular weight is 248 g/mol. The van der Waals surface area contributed by atoms with Crippen LogP contribution in [0.5, 0.6) is 5.75 Å². The number of anilines is 1. The van der Waals surface area contributed by atoms with Crippen LogP contribution in [0.3, 0.4) is 0 Å². The van der Waals surface area contributed by atoms with E-state index in [1.54, 1.807) is 0 Å². The van der Waals surface area contributed by atoms with Crippen molar-refractivity contribution in [1.29, 1.82) is 0 Å². The van der Waals surface area contributed by atoms with E-state index in [0.29, 0.717) is 0 Å². The van der Waals surface area contributed by atoms with Gasteiger partial charge in [0.25, 0.3) is 0 Å². The van der Waals surface area contributed by atoms with E-state index in [1.807, 2.05) is 6.07 Å². The molecule has 0 saturated carbocycles. The fraction of sp³-hybridized carbons (Fsp3) is 0.600. The molecule has 1 heterocycles. The summed E-state index contributed by atoms with van der Waals surface area (Å²) in [7, 11) is 0. The molecule has 3 heteroatoms. The van der Waals surface area contributed by atoms with Crippen LogP contribution in [0.4, 0.5) is 5.69 Å². The Morgan fingerprint density at radius 3 is 2.78 bits per heavy atom. The Bertz CT molecular complexity index is 357. The van der Waals surface area contributed by atoms with E-state index in [2.05, 4.69) is 42.3 Å². The van der Waals surface area contributed by atoms with Crippen molar-refractivity contribution >= 4 is 5.69 Å². The normalized spacial score (nSPS) is 17.4. The van der Waals surface area contributed by atoms with Gasteiger partial charge in [0, 0.05) is 19.6 Å².